The largest absolute Gasteiger partial charge is 0.756 e. The van der Waals surface area contributed by atoms with Crippen LogP contribution in [0, 0.1) is 0 Å². The fourth-order valence-corrected chi connectivity index (χ4v) is 7.23. The van der Waals surface area contributed by atoms with Crippen LogP contribution in [0.15, 0.2) is 0 Å². The second-order valence-electron chi connectivity index (χ2n) is 16.7. The van der Waals surface area contributed by atoms with Crippen LogP contribution in [-0.4, -0.2) is 93.0 Å². The van der Waals surface area contributed by atoms with Gasteiger partial charge in [-0.05, 0) is 46.0 Å². The molecule has 3 atom stereocenters. The number of rotatable bonds is 34. The third-order valence-corrected chi connectivity index (χ3v) is 11.0. The van der Waals surface area contributed by atoms with Crippen molar-refractivity contribution in [2.45, 2.75) is 193 Å². The van der Waals surface area contributed by atoms with Crippen LogP contribution >= 0.6 is 7.82 Å². The molecule has 0 bridgehead atoms. The van der Waals surface area contributed by atoms with Crippen molar-refractivity contribution in [1.29, 1.82) is 0 Å². The third kappa shape index (κ3) is 24.2. The molecule has 12 nitrogen and oxygen atoms in total. The number of hydrogen-bond acceptors (Lipinski definition) is 10. The number of hydrogen-bond donors (Lipinski definition) is 0. The van der Waals surface area contributed by atoms with Crippen molar-refractivity contribution in [3.8, 4) is 0 Å². The Labute approximate surface area is 323 Å². The van der Waals surface area contributed by atoms with Gasteiger partial charge in [-0.15, -0.1) is 10.3 Å². The van der Waals surface area contributed by atoms with Crippen molar-refractivity contribution in [3.63, 3.8) is 0 Å². The number of carbonyl (C=O) groups excluding carboxylic acids is 2. The molecule has 1 heterocycles. The van der Waals surface area contributed by atoms with Crippen LogP contribution in [0.3, 0.4) is 0 Å². The van der Waals surface area contributed by atoms with Gasteiger partial charge in [0.2, 0.25) is 0 Å². The van der Waals surface area contributed by atoms with E-state index < -0.39 is 43.7 Å². The van der Waals surface area contributed by atoms with E-state index in [1.165, 1.54) is 56.4 Å². The zero-order valence-corrected chi connectivity index (χ0v) is 35.7. The summed E-state index contributed by atoms with van der Waals surface area (Å²) in [6.07, 6.45) is 21.5. The van der Waals surface area contributed by atoms with Crippen molar-refractivity contribution in [3.05, 3.63) is 0 Å². The molecule has 1 saturated heterocycles. The fourth-order valence-electron chi connectivity index (χ4n) is 6.50. The van der Waals surface area contributed by atoms with Crippen LogP contribution < -0.4 is 4.89 Å². The first-order valence-corrected chi connectivity index (χ1v) is 22.4. The summed E-state index contributed by atoms with van der Waals surface area (Å²) >= 11 is 0. The summed E-state index contributed by atoms with van der Waals surface area (Å²) in [5.74, 6) is -0.888. The van der Waals surface area contributed by atoms with Crippen molar-refractivity contribution in [2.75, 3.05) is 54.1 Å². The number of likely N-dealkylation sites (N-methyl/N-ethyl adjacent to an activating group) is 1. The standard InChI is InChI=1S/C40H78N2O10P/c1-8-10-11-12-13-14-15-16-19-22-25-28-37(43)48-33-36(34-51-53(46,47)50-32-31-42(5,6)7)52-38(44)29-26-23-20-17-18-21-24-27-30-40(9-2)41(45)39(3,4)35-49-40/h36H,8-35H2,1-7H3/t36?,40-/m1/s1. The summed E-state index contributed by atoms with van der Waals surface area (Å²) < 4.78 is 39.8. The van der Waals surface area contributed by atoms with Crippen LogP contribution in [0.25, 0.3) is 0 Å². The molecule has 0 spiro atoms. The number of unbranched alkanes of at least 4 members (excludes halogenated alkanes) is 17. The summed E-state index contributed by atoms with van der Waals surface area (Å²) in [7, 11) is 1.11. The maximum Gasteiger partial charge on any atom is 0.306 e. The molecule has 0 aromatic rings. The van der Waals surface area contributed by atoms with Crippen LogP contribution in [0.2, 0.25) is 0 Å². The van der Waals surface area contributed by atoms with Crippen LogP contribution in [0.4, 0.5) is 0 Å². The molecule has 13 heteroatoms. The summed E-state index contributed by atoms with van der Waals surface area (Å²) in [6.45, 7) is 8.22. The Morgan fingerprint density at radius 3 is 1.72 bits per heavy atom. The number of ether oxygens (including phenoxy) is 3. The lowest BCUT2D eigenvalue weighted by atomic mass is 9.98. The minimum absolute atomic E-state index is 0.0458. The summed E-state index contributed by atoms with van der Waals surface area (Å²) in [5.41, 5.74) is -1.16. The highest BCUT2D eigenvalue weighted by Crippen LogP contribution is 2.40. The maximum absolute atomic E-state index is 12.8. The number of carbonyl (C=O) groups is 2. The summed E-state index contributed by atoms with van der Waals surface area (Å²) in [5, 5.41) is 13.9. The molecule has 0 N–H and O–H groups in total. The van der Waals surface area contributed by atoms with E-state index in [2.05, 4.69) is 6.92 Å². The molecule has 0 amide bonds. The van der Waals surface area contributed by atoms with Gasteiger partial charge < -0.3 is 32.6 Å². The van der Waals surface area contributed by atoms with Gasteiger partial charge in [0.15, 0.2) is 6.10 Å². The van der Waals surface area contributed by atoms with Crippen molar-refractivity contribution >= 4 is 19.8 Å². The maximum atomic E-state index is 12.8. The predicted octanol–water partition coefficient (Wildman–Crippen LogP) is 8.81. The fraction of sp³-hybridized carbons (Fsp3) is 0.950. The van der Waals surface area contributed by atoms with E-state index in [0.29, 0.717) is 30.5 Å². The second-order valence-corrected chi connectivity index (χ2v) is 18.1. The minimum atomic E-state index is -4.64. The average molecular weight is 778 g/mol. The third-order valence-electron chi connectivity index (χ3n) is 10.0. The van der Waals surface area contributed by atoms with Crippen molar-refractivity contribution in [2.24, 2.45) is 0 Å². The molecular formula is C40H78N2O10P. The van der Waals surface area contributed by atoms with E-state index in [0.717, 1.165) is 70.6 Å². The Kier molecular flexibility index (Phi) is 25.9. The molecule has 1 rings (SSSR count). The molecule has 53 heavy (non-hydrogen) atoms. The van der Waals surface area contributed by atoms with Gasteiger partial charge in [0.25, 0.3) is 7.82 Å². The van der Waals surface area contributed by atoms with Gasteiger partial charge in [0, 0.05) is 12.8 Å². The lowest BCUT2D eigenvalue weighted by molar-refractivity contribution is -0.870. The Bertz CT molecular complexity index is 1020. The Morgan fingerprint density at radius 1 is 0.755 bits per heavy atom. The monoisotopic (exact) mass is 778 g/mol. The number of esters is 2. The highest BCUT2D eigenvalue weighted by molar-refractivity contribution is 7.45. The van der Waals surface area contributed by atoms with E-state index in [9.17, 15) is 24.3 Å². The van der Waals surface area contributed by atoms with Gasteiger partial charge in [-0.2, -0.15) is 0 Å². The van der Waals surface area contributed by atoms with Gasteiger partial charge in [0.1, 0.15) is 25.5 Å². The lowest BCUT2D eigenvalue weighted by Crippen LogP contribution is -2.49. The number of hydroxylamine groups is 2. The summed E-state index contributed by atoms with van der Waals surface area (Å²) in [4.78, 5) is 37.5. The molecule has 1 aliphatic rings. The van der Waals surface area contributed by atoms with Crippen molar-refractivity contribution in [1.82, 2.24) is 5.06 Å². The number of phosphoric ester groups is 1. The molecule has 0 aromatic carbocycles. The molecule has 0 aromatic heterocycles. The first-order chi connectivity index (χ1) is 25.1. The number of nitrogens with zero attached hydrogens (tertiary/aromatic N) is 2. The van der Waals surface area contributed by atoms with E-state index in [4.69, 9.17) is 23.3 Å². The number of quaternary nitrogens is 1. The van der Waals surface area contributed by atoms with Crippen LogP contribution in [-0.2, 0) is 42.6 Å². The van der Waals surface area contributed by atoms with Gasteiger partial charge >= 0.3 is 11.9 Å². The van der Waals surface area contributed by atoms with E-state index in [-0.39, 0.29) is 26.1 Å². The second kappa shape index (κ2) is 27.5. The first-order valence-electron chi connectivity index (χ1n) is 20.9. The first kappa shape index (κ1) is 49.9. The molecule has 0 aliphatic carbocycles. The Hall–Kier alpha value is -1.11. The molecule has 2 unspecified atom stereocenters. The topological polar surface area (TPSA) is 144 Å². The quantitative estimate of drug-likeness (QED) is 0.0269. The number of phosphoric acid groups is 1. The van der Waals surface area contributed by atoms with E-state index in [1.807, 2.05) is 41.9 Å². The molecule has 1 aliphatic heterocycles. The predicted molar refractivity (Wildman–Crippen MR) is 206 cm³/mol. The normalized spacial score (nSPS) is 19.3. The van der Waals surface area contributed by atoms with Crippen LogP contribution in [0.5, 0.6) is 0 Å². The lowest BCUT2D eigenvalue weighted by Gasteiger charge is -2.34. The molecule has 313 valence electrons. The SMILES string of the molecule is CCCCCCCCCCCCCC(=O)OCC(COP(=O)([O-])OCC[N+](C)(C)C)OC(=O)CCCCCCCCCC[C@@]1(CC)OCC(C)(C)N1[O]. The average Bonchev–Trinajstić information content (AvgIpc) is 3.32. The molecule has 1 radical (unpaired) electrons. The zero-order chi connectivity index (χ0) is 39.6. The molecule has 0 saturated carbocycles. The van der Waals surface area contributed by atoms with Crippen molar-refractivity contribution < 1.29 is 52.0 Å². The van der Waals surface area contributed by atoms with E-state index >= 15 is 0 Å². The van der Waals surface area contributed by atoms with Gasteiger partial charge in [0.05, 0.1) is 39.9 Å². The Morgan fingerprint density at radius 2 is 1.25 bits per heavy atom. The van der Waals surface area contributed by atoms with Gasteiger partial charge in [-0.25, -0.2) is 0 Å². The van der Waals surface area contributed by atoms with Gasteiger partial charge in [-0.1, -0.05) is 117 Å². The zero-order valence-electron chi connectivity index (χ0n) is 34.8. The Balaban J connectivity index is 2.36. The molecule has 1 fully saturated rings. The van der Waals surface area contributed by atoms with Crippen LogP contribution in [0.1, 0.15) is 175 Å². The summed E-state index contributed by atoms with van der Waals surface area (Å²) in [6, 6.07) is 0. The van der Waals surface area contributed by atoms with E-state index in [1.54, 1.807) is 0 Å². The highest BCUT2D eigenvalue weighted by Gasteiger charge is 2.51. The van der Waals surface area contributed by atoms with Gasteiger partial charge in [-0.3, -0.25) is 14.2 Å². The molecular weight excluding hydrogens is 699 g/mol. The highest BCUT2D eigenvalue weighted by atomic mass is 31.2. The minimum Gasteiger partial charge on any atom is -0.756 e. The smallest absolute Gasteiger partial charge is 0.306 e.